The molecule has 0 spiro atoms. The Morgan fingerprint density at radius 1 is 1.19 bits per heavy atom. The molecule has 1 aliphatic rings. The van der Waals surface area contributed by atoms with Crippen molar-refractivity contribution in [2.45, 2.75) is 13.5 Å². The molecule has 2 aromatic rings. The molecule has 0 bridgehead atoms. The second kappa shape index (κ2) is 8.50. The summed E-state index contributed by atoms with van der Waals surface area (Å²) < 4.78 is 10.8. The van der Waals surface area contributed by atoms with Crippen LogP contribution in [0.3, 0.4) is 0 Å². The summed E-state index contributed by atoms with van der Waals surface area (Å²) in [5.74, 6) is 0.605. The molecule has 5 nitrogen and oxygen atoms in total. The number of rotatable bonds is 6. The molecule has 1 aliphatic heterocycles. The van der Waals surface area contributed by atoms with E-state index in [9.17, 15) is 9.59 Å². The minimum atomic E-state index is -0.321. The van der Waals surface area contributed by atoms with Crippen molar-refractivity contribution in [2.75, 3.05) is 13.7 Å². The predicted octanol–water partition coefficient (Wildman–Crippen LogP) is 4.98. The van der Waals surface area contributed by atoms with Crippen molar-refractivity contribution in [2.24, 2.45) is 0 Å². The molecule has 140 valence electrons. The maximum Gasteiger partial charge on any atom is 0.293 e. The van der Waals surface area contributed by atoms with Crippen LogP contribution >= 0.6 is 23.4 Å². The standard InChI is InChI=1S/C20H18ClNO4S/c1-3-26-16-10-14(9-15(21)18(16)25-2)11-17-19(23)22(20(24)27-17)12-13-7-5-4-6-8-13/h4-11H,3,12H2,1-2H3/b17-11-. The number of methoxy groups -OCH3 is 1. The topological polar surface area (TPSA) is 55.8 Å². The summed E-state index contributed by atoms with van der Waals surface area (Å²) in [6.07, 6.45) is 1.64. The van der Waals surface area contributed by atoms with Gasteiger partial charge in [0.2, 0.25) is 0 Å². The van der Waals surface area contributed by atoms with Crippen molar-refractivity contribution >= 4 is 40.6 Å². The Labute approximate surface area is 166 Å². The molecule has 2 amide bonds. The number of nitrogens with zero attached hydrogens (tertiary/aromatic N) is 1. The van der Waals surface area contributed by atoms with Gasteiger partial charge in [0.1, 0.15) is 0 Å². The number of carbonyl (C=O) groups is 2. The van der Waals surface area contributed by atoms with Gasteiger partial charge in [-0.05, 0) is 48.0 Å². The molecule has 1 fully saturated rings. The monoisotopic (exact) mass is 403 g/mol. The minimum Gasteiger partial charge on any atom is -0.491 e. The summed E-state index contributed by atoms with van der Waals surface area (Å²) in [5.41, 5.74) is 1.56. The zero-order valence-electron chi connectivity index (χ0n) is 14.9. The van der Waals surface area contributed by atoms with Gasteiger partial charge in [-0.25, -0.2) is 0 Å². The Morgan fingerprint density at radius 3 is 2.59 bits per heavy atom. The molecule has 0 aromatic heterocycles. The van der Waals surface area contributed by atoms with E-state index in [1.165, 1.54) is 12.0 Å². The second-order valence-electron chi connectivity index (χ2n) is 5.72. The third-order valence-electron chi connectivity index (χ3n) is 3.89. The Bertz CT molecular complexity index is 898. The Kier molecular flexibility index (Phi) is 6.08. The summed E-state index contributed by atoms with van der Waals surface area (Å²) in [7, 11) is 1.51. The lowest BCUT2D eigenvalue weighted by Crippen LogP contribution is -2.27. The van der Waals surface area contributed by atoms with Crippen molar-refractivity contribution in [3.05, 3.63) is 63.5 Å². The van der Waals surface area contributed by atoms with Crippen LogP contribution in [0.1, 0.15) is 18.1 Å². The van der Waals surface area contributed by atoms with Crippen LogP contribution in [0, 0.1) is 0 Å². The molecule has 0 radical (unpaired) electrons. The molecule has 0 saturated carbocycles. The van der Waals surface area contributed by atoms with E-state index < -0.39 is 0 Å². The van der Waals surface area contributed by atoms with E-state index in [0.717, 1.165) is 17.3 Å². The highest BCUT2D eigenvalue weighted by molar-refractivity contribution is 8.18. The molecular formula is C20H18ClNO4S. The summed E-state index contributed by atoms with van der Waals surface area (Å²) in [5, 5.41) is 0.0814. The van der Waals surface area contributed by atoms with Crippen LogP contribution in [0.2, 0.25) is 5.02 Å². The van der Waals surface area contributed by atoms with E-state index in [1.54, 1.807) is 18.2 Å². The van der Waals surface area contributed by atoms with Crippen LogP contribution in [0.25, 0.3) is 6.08 Å². The number of benzene rings is 2. The molecular weight excluding hydrogens is 386 g/mol. The molecule has 0 atom stereocenters. The van der Waals surface area contributed by atoms with E-state index >= 15 is 0 Å². The Hall–Kier alpha value is -2.44. The number of amides is 2. The molecule has 3 rings (SSSR count). The zero-order valence-corrected chi connectivity index (χ0v) is 16.5. The first kappa shape index (κ1) is 19.3. The average Bonchev–Trinajstić information content (AvgIpc) is 2.90. The van der Waals surface area contributed by atoms with Gasteiger partial charge in [-0.15, -0.1) is 0 Å². The fraction of sp³-hybridized carbons (Fsp3) is 0.200. The summed E-state index contributed by atoms with van der Waals surface area (Å²) in [6.45, 7) is 2.55. The maximum atomic E-state index is 12.7. The van der Waals surface area contributed by atoms with Crippen LogP contribution in [-0.4, -0.2) is 29.8 Å². The van der Waals surface area contributed by atoms with Gasteiger partial charge in [-0.1, -0.05) is 41.9 Å². The summed E-state index contributed by atoms with van der Waals surface area (Å²) in [4.78, 5) is 26.5. The number of hydrogen-bond donors (Lipinski definition) is 0. The van der Waals surface area contributed by atoms with Crippen molar-refractivity contribution in [1.82, 2.24) is 4.90 Å². The van der Waals surface area contributed by atoms with Gasteiger partial charge >= 0.3 is 0 Å². The number of hydrogen-bond acceptors (Lipinski definition) is 5. The van der Waals surface area contributed by atoms with E-state index in [2.05, 4.69) is 0 Å². The van der Waals surface area contributed by atoms with Gasteiger partial charge in [0.25, 0.3) is 11.1 Å². The van der Waals surface area contributed by atoms with Crippen molar-refractivity contribution in [3.8, 4) is 11.5 Å². The second-order valence-corrected chi connectivity index (χ2v) is 7.12. The molecule has 2 aromatic carbocycles. The molecule has 0 N–H and O–H groups in total. The molecule has 0 unspecified atom stereocenters. The van der Waals surface area contributed by atoms with E-state index in [4.69, 9.17) is 21.1 Å². The Morgan fingerprint density at radius 2 is 1.93 bits per heavy atom. The highest BCUT2D eigenvalue weighted by Gasteiger charge is 2.35. The normalized spacial score (nSPS) is 15.5. The highest BCUT2D eigenvalue weighted by Crippen LogP contribution is 2.39. The van der Waals surface area contributed by atoms with Crippen LogP contribution in [-0.2, 0) is 11.3 Å². The van der Waals surface area contributed by atoms with Gasteiger partial charge in [-0.3, -0.25) is 14.5 Å². The molecule has 27 heavy (non-hydrogen) atoms. The van der Waals surface area contributed by atoms with Crippen LogP contribution in [0.15, 0.2) is 47.4 Å². The van der Waals surface area contributed by atoms with Crippen molar-refractivity contribution in [1.29, 1.82) is 0 Å². The first-order valence-corrected chi connectivity index (χ1v) is 9.52. The summed E-state index contributed by atoms with van der Waals surface area (Å²) in [6, 6.07) is 12.8. The molecule has 1 saturated heterocycles. The third kappa shape index (κ3) is 4.28. The van der Waals surface area contributed by atoms with Crippen LogP contribution < -0.4 is 9.47 Å². The number of carbonyl (C=O) groups excluding carboxylic acids is 2. The van der Waals surface area contributed by atoms with Gasteiger partial charge in [0, 0.05) is 0 Å². The van der Waals surface area contributed by atoms with E-state index in [-0.39, 0.29) is 17.7 Å². The SMILES string of the molecule is CCOc1cc(/C=C2\SC(=O)N(Cc3ccccc3)C2=O)cc(Cl)c1OC. The predicted molar refractivity (Wildman–Crippen MR) is 107 cm³/mol. The summed E-state index contributed by atoms with van der Waals surface area (Å²) >= 11 is 7.17. The third-order valence-corrected chi connectivity index (χ3v) is 5.08. The first-order valence-electron chi connectivity index (χ1n) is 8.33. The lowest BCUT2D eigenvalue weighted by Gasteiger charge is -2.12. The van der Waals surface area contributed by atoms with Gasteiger partial charge in [0.05, 0.1) is 30.2 Å². The fourth-order valence-electron chi connectivity index (χ4n) is 2.69. The van der Waals surface area contributed by atoms with Gasteiger partial charge in [0.15, 0.2) is 11.5 Å². The largest absolute Gasteiger partial charge is 0.491 e. The lowest BCUT2D eigenvalue weighted by molar-refractivity contribution is -0.123. The number of thioether (sulfide) groups is 1. The fourth-order valence-corrected chi connectivity index (χ4v) is 3.82. The smallest absolute Gasteiger partial charge is 0.293 e. The van der Waals surface area contributed by atoms with Gasteiger partial charge < -0.3 is 9.47 Å². The van der Waals surface area contributed by atoms with Crippen LogP contribution in [0.4, 0.5) is 4.79 Å². The number of halogens is 1. The molecule has 1 heterocycles. The lowest BCUT2D eigenvalue weighted by atomic mass is 10.1. The van der Waals surface area contributed by atoms with Crippen molar-refractivity contribution < 1.29 is 19.1 Å². The average molecular weight is 404 g/mol. The first-order chi connectivity index (χ1) is 13.0. The quantitative estimate of drug-likeness (QED) is 0.636. The maximum absolute atomic E-state index is 12.7. The highest BCUT2D eigenvalue weighted by atomic mass is 35.5. The van der Waals surface area contributed by atoms with Crippen molar-refractivity contribution in [3.63, 3.8) is 0 Å². The zero-order chi connectivity index (χ0) is 19.4. The van der Waals surface area contributed by atoms with Gasteiger partial charge in [-0.2, -0.15) is 0 Å². The molecule has 0 aliphatic carbocycles. The molecule has 7 heteroatoms. The van der Waals surface area contributed by atoms with Crippen LogP contribution in [0.5, 0.6) is 11.5 Å². The van der Waals surface area contributed by atoms with E-state index in [1.807, 2.05) is 37.3 Å². The number of imide groups is 1. The number of ether oxygens (including phenoxy) is 2. The minimum absolute atomic E-state index is 0.246. The van der Waals surface area contributed by atoms with E-state index in [0.29, 0.717) is 33.6 Å². The Balaban J connectivity index is 1.87.